The van der Waals surface area contributed by atoms with Crippen molar-refractivity contribution in [3.63, 3.8) is 0 Å². The van der Waals surface area contributed by atoms with Gasteiger partial charge >= 0.3 is 6.09 Å². The standard InChI is InChI=1S/C15H23N3O2/c1-15(2,3)20-14(19)18-9-7-12(11-18)10-17-13-6-4-5-8-16-13/h4-6,8,12H,7,9-11H2,1-3H3,(H,16,17)/t12-/m1/s1. The average Bonchev–Trinajstić information content (AvgIpc) is 2.84. The van der Waals surface area contributed by atoms with Crippen LogP contribution >= 0.6 is 0 Å². The largest absolute Gasteiger partial charge is 0.444 e. The number of nitrogens with one attached hydrogen (secondary N) is 1. The van der Waals surface area contributed by atoms with Gasteiger partial charge in [0.1, 0.15) is 11.4 Å². The number of ether oxygens (including phenoxy) is 1. The van der Waals surface area contributed by atoms with Gasteiger partial charge < -0.3 is 15.0 Å². The zero-order chi connectivity index (χ0) is 14.6. The number of aromatic nitrogens is 1. The Morgan fingerprint density at radius 3 is 2.95 bits per heavy atom. The molecule has 0 saturated carbocycles. The van der Waals surface area contributed by atoms with Crippen LogP contribution in [0.5, 0.6) is 0 Å². The van der Waals surface area contributed by atoms with E-state index in [1.54, 1.807) is 11.1 Å². The van der Waals surface area contributed by atoms with E-state index in [0.717, 1.165) is 31.9 Å². The van der Waals surface area contributed by atoms with Crippen molar-refractivity contribution in [1.29, 1.82) is 0 Å². The first-order valence-electron chi connectivity index (χ1n) is 7.07. The zero-order valence-corrected chi connectivity index (χ0v) is 12.4. The van der Waals surface area contributed by atoms with Crippen LogP contribution in [0.3, 0.4) is 0 Å². The number of anilines is 1. The summed E-state index contributed by atoms with van der Waals surface area (Å²) < 4.78 is 5.39. The maximum atomic E-state index is 12.0. The minimum atomic E-state index is -0.429. The van der Waals surface area contributed by atoms with Gasteiger partial charge in [-0.25, -0.2) is 9.78 Å². The Kier molecular flexibility index (Phi) is 4.47. The molecule has 1 atom stereocenters. The predicted molar refractivity (Wildman–Crippen MR) is 78.6 cm³/mol. The van der Waals surface area contributed by atoms with Crippen molar-refractivity contribution in [2.24, 2.45) is 5.92 Å². The summed E-state index contributed by atoms with van der Waals surface area (Å²) >= 11 is 0. The number of carbonyl (C=O) groups excluding carboxylic acids is 1. The lowest BCUT2D eigenvalue weighted by Gasteiger charge is -2.24. The summed E-state index contributed by atoms with van der Waals surface area (Å²) in [7, 11) is 0. The lowest BCUT2D eigenvalue weighted by molar-refractivity contribution is 0.0289. The van der Waals surface area contributed by atoms with Gasteiger partial charge in [-0.1, -0.05) is 6.07 Å². The molecule has 2 rings (SSSR count). The van der Waals surface area contributed by atoms with Crippen LogP contribution in [-0.4, -0.2) is 41.2 Å². The van der Waals surface area contributed by atoms with Crippen LogP contribution in [0.25, 0.3) is 0 Å². The third-order valence-electron chi connectivity index (χ3n) is 3.17. The minimum Gasteiger partial charge on any atom is -0.444 e. The molecule has 0 unspecified atom stereocenters. The van der Waals surface area contributed by atoms with E-state index in [1.165, 1.54) is 0 Å². The normalized spacial score (nSPS) is 18.9. The first kappa shape index (κ1) is 14.6. The van der Waals surface area contributed by atoms with Gasteiger partial charge in [0.2, 0.25) is 0 Å². The molecular formula is C15H23N3O2. The van der Waals surface area contributed by atoms with Crippen LogP contribution in [0.1, 0.15) is 27.2 Å². The first-order valence-corrected chi connectivity index (χ1v) is 7.07. The molecule has 0 aromatic carbocycles. The Balaban J connectivity index is 1.76. The van der Waals surface area contributed by atoms with E-state index in [9.17, 15) is 4.79 Å². The third-order valence-corrected chi connectivity index (χ3v) is 3.17. The van der Waals surface area contributed by atoms with Gasteiger partial charge in [-0.3, -0.25) is 0 Å². The maximum absolute atomic E-state index is 12.0. The van der Waals surface area contributed by atoms with Crippen LogP contribution in [-0.2, 0) is 4.74 Å². The van der Waals surface area contributed by atoms with E-state index < -0.39 is 5.60 Å². The fourth-order valence-corrected chi connectivity index (χ4v) is 2.21. The van der Waals surface area contributed by atoms with Gasteiger partial charge in [0, 0.05) is 25.8 Å². The second-order valence-corrected chi connectivity index (χ2v) is 6.18. The third kappa shape index (κ3) is 4.40. The van der Waals surface area contributed by atoms with Crippen LogP contribution in [0, 0.1) is 5.92 Å². The highest BCUT2D eigenvalue weighted by molar-refractivity contribution is 5.68. The van der Waals surface area contributed by atoms with Gasteiger partial charge in [-0.15, -0.1) is 0 Å². The van der Waals surface area contributed by atoms with Gasteiger partial charge in [-0.2, -0.15) is 0 Å². The number of nitrogens with zero attached hydrogens (tertiary/aromatic N) is 2. The molecule has 1 aliphatic heterocycles. The molecule has 0 bridgehead atoms. The number of amides is 1. The van der Waals surface area contributed by atoms with Crippen molar-refractivity contribution in [3.05, 3.63) is 24.4 Å². The van der Waals surface area contributed by atoms with Crippen LogP contribution in [0.4, 0.5) is 10.6 Å². The molecule has 5 heteroatoms. The topological polar surface area (TPSA) is 54.5 Å². The number of carbonyl (C=O) groups is 1. The molecular weight excluding hydrogens is 254 g/mol. The van der Waals surface area contributed by atoms with E-state index in [4.69, 9.17) is 4.74 Å². The molecule has 110 valence electrons. The van der Waals surface area contributed by atoms with E-state index >= 15 is 0 Å². The van der Waals surface area contributed by atoms with Gasteiger partial charge in [-0.05, 0) is 45.2 Å². The van der Waals surface area contributed by atoms with Crippen LogP contribution in [0.15, 0.2) is 24.4 Å². The summed E-state index contributed by atoms with van der Waals surface area (Å²) in [6.07, 6.45) is 2.56. The molecule has 5 nitrogen and oxygen atoms in total. The van der Waals surface area contributed by atoms with Crippen molar-refractivity contribution in [3.8, 4) is 0 Å². The lowest BCUT2D eigenvalue weighted by atomic mass is 10.1. The van der Waals surface area contributed by atoms with Crippen molar-refractivity contribution in [2.45, 2.75) is 32.8 Å². The SMILES string of the molecule is CC(C)(C)OC(=O)N1CC[C@H](CNc2ccccn2)C1. The summed E-state index contributed by atoms with van der Waals surface area (Å²) in [6, 6.07) is 5.79. The predicted octanol–water partition coefficient (Wildman–Crippen LogP) is 2.75. The van der Waals surface area contributed by atoms with E-state index in [2.05, 4.69) is 10.3 Å². The Bertz CT molecular complexity index is 442. The summed E-state index contributed by atoms with van der Waals surface area (Å²) in [4.78, 5) is 18.0. The van der Waals surface area contributed by atoms with Crippen molar-refractivity contribution in [2.75, 3.05) is 25.0 Å². The van der Waals surface area contributed by atoms with Gasteiger partial charge in [0.05, 0.1) is 0 Å². The monoisotopic (exact) mass is 277 g/mol. The fraction of sp³-hybridized carbons (Fsp3) is 0.600. The molecule has 1 N–H and O–H groups in total. The first-order chi connectivity index (χ1) is 9.44. The molecule has 1 aromatic rings. The molecule has 0 spiro atoms. The Hall–Kier alpha value is -1.78. The van der Waals surface area contributed by atoms with Crippen molar-refractivity contribution >= 4 is 11.9 Å². The molecule has 1 fully saturated rings. The second-order valence-electron chi connectivity index (χ2n) is 6.18. The highest BCUT2D eigenvalue weighted by atomic mass is 16.6. The van der Waals surface area contributed by atoms with E-state index in [0.29, 0.717) is 5.92 Å². The lowest BCUT2D eigenvalue weighted by Crippen LogP contribution is -2.35. The summed E-state index contributed by atoms with van der Waals surface area (Å²) in [5, 5.41) is 3.30. The van der Waals surface area contributed by atoms with Crippen LogP contribution in [0.2, 0.25) is 0 Å². The molecule has 0 aliphatic carbocycles. The summed E-state index contributed by atoms with van der Waals surface area (Å²) in [5.74, 6) is 1.33. The number of pyridine rings is 1. The number of rotatable bonds is 3. The molecule has 1 aromatic heterocycles. The summed E-state index contributed by atoms with van der Waals surface area (Å²) in [5.41, 5.74) is -0.429. The van der Waals surface area contributed by atoms with Crippen molar-refractivity contribution < 1.29 is 9.53 Å². The molecule has 1 amide bonds. The molecule has 0 radical (unpaired) electrons. The number of likely N-dealkylation sites (tertiary alicyclic amines) is 1. The number of hydrogen-bond acceptors (Lipinski definition) is 4. The molecule has 1 aliphatic rings. The maximum Gasteiger partial charge on any atom is 0.410 e. The van der Waals surface area contributed by atoms with Crippen LogP contribution < -0.4 is 5.32 Å². The summed E-state index contributed by atoms with van der Waals surface area (Å²) in [6.45, 7) is 8.01. The minimum absolute atomic E-state index is 0.210. The Labute approximate surface area is 120 Å². The second kappa shape index (κ2) is 6.11. The highest BCUT2D eigenvalue weighted by Gasteiger charge is 2.29. The number of hydrogen-bond donors (Lipinski definition) is 1. The molecule has 2 heterocycles. The quantitative estimate of drug-likeness (QED) is 0.923. The zero-order valence-electron chi connectivity index (χ0n) is 12.4. The average molecular weight is 277 g/mol. The smallest absolute Gasteiger partial charge is 0.410 e. The van der Waals surface area contributed by atoms with Gasteiger partial charge in [0.25, 0.3) is 0 Å². The van der Waals surface area contributed by atoms with Gasteiger partial charge in [0.15, 0.2) is 0 Å². The van der Waals surface area contributed by atoms with E-state index in [1.807, 2.05) is 39.0 Å². The van der Waals surface area contributed by atoms with Crippen molar-refractivity contribution in [1.82, 2.24) is 9.88 Å². The molecule has 20 heavy (non-hydrogen) atoms. The Morgan fingerprint density at radius 1 is 1.50 bits per heavy atom. The highest BCUT2D eigenvalue weighted by Crippen LogP contribution is 2.19. The van der Waals surface area contributed by atoms with E-state index in [-0.39, 0.29) is 6.09 Å². The molecule has 1 saturated heterocycles. The fourth-order valence-electron chi connectivity index (χ4n) is 2.21. The Morgan fingerprint density at radius 2 is 2.30 bits per heavy atom.